The summed E-state index contributed by atoms with van der Waals surface area (Å²) in [7, 11) is 0. The Labute approximate surface area is 188 Å². The van der Waals surface area contributed by atoms with E-state index in [-0.39, 0.29) is 0 Å². The van der Waals surface area contributed by atoms with E-state index in [1.54, 1.807) is 0 Å². The Balaban J connectivity index is 1.97. The molecule has 1 heterocycles. The number of ether oxygens (including phenoxy) is 1. The average Bonchev–Trinajstić information content (AvgIpc) is 2.77. The van der Waals surface area contributed by atoms with Gasteiger partial charge in [-0.25, -0.2) is 0 Å². The predicted octanol–water partition coefficient (Wildman–Crippen LogP) is 1.58. The van der Waals surface area contributed by atoms with E-state index in [4.69, 9.17) is 9.73 Å². The highest BCUT2D eigenvalue weighted by molar-refractivity contribution is 5.79. The lowest BCUT2D eigenvalue weighted by Crippen LogP contribution is -2.50. The SMILES string of the molecule is CCNC(=NCC(C)(O)CN1CCOCC1)NCC(Cc1ccccc1)N(CC)CC. The smallest absolute Gasteiger partial charge is 0.191 e. The molecule has 2 rings (SSSR count). The van der Waals surface area contributed by atoms with Crippen LogP contribution in [-0.2, 0) is 11.2 Å². The maximum atomic E-state index is 10.9. The van der Waals surface area contributed by atoms with Crippen LogP contribution >= 0.6 is 0 Å². The van der Waals surface area contributed by atoms with Crippen LogP contribution in [0.3, 0.4) is 0 Å². The fourth-order valence-electron chi connectivity index (χ4n) is 4.05. The predicted molar refractivity (Wildman–Crippen MR) is 129 cm³/mol. The molecule has 3 N–H and O–H groups in total. The molecule has 7 heteroatoms. The quantitative estimate of drug-likeness (QED) is 0.343. The molecule has 176 valence electrons. The van der Waals surface area contributed by atoms with Gasteiger partial charge in [-0.15, -0.1) is 0 Å². The van der Waals surface area contributed by atoms with Gasteiger partial charge < -0.3 is 20.5 Å². The molecular formula is C24H43N5O2. The second-order valence-corrected chi connectivity index (χ2v) is 8.53. The van der Waals surface area contributed by atoms with E-state index in [1.807, 2.05) is 6.92 Å². The van der Waals surface area contributed by atoms with E-state index in [0.29, 0.717) is 19.1 Å². The topological polar surface area (TPSA) is 72.4 Å². The van der Waals surface area contributed by atoms with Crippen LogP contribution in [0.4, 0.5) is 0 Å². The van der Waals surface area contributed by atoms with Crippen molar-refractivity contribution < 1.29 is 9.84 Å². The summed E-state index contributed by atoms with van der Waals surface area (Å²) >= 11 is 0. The number of likely N-dealkylation sites (N-methyl/N-ethyl adjacent to an activating group) is 1. The first-order valence-electron chi connectivity index (χ1n) is 11.8. The standard InChI is InChI=1S/C24H43N5O2/c1-5-25-23(27-19-24(4,30)20-28-13-15-31-16-14-28)26-18-22(29(6-2)7-3)17-21-11-9-8-10-12-21/h8-12,22,30H,5-7,13-20H2,1-4H3,(H2,25,26,27). The van der Waals surface area contributed by atoms with E-state index < -0.39 is 5.60 Å². The molecule has 0 aromatic heterocycles. The number of benzene rings is 1. The molecule has 31 heavy (non-hydrogen) atoms. The van der Waals surface area contributed by atoms with E-state index in [2.05, 4.69) is 71.5 Å². The lowest BCUT2D eigenvalue weighted by atomic mass is 10.0. The first-order valence-corrected chi connectivity index (χ1v) is 11.8. The lowest BCUT2D eigenvalue weighted by Gasteiger charge is -2.33. The molecule has 7 nitrogen and oxygen atoms in total. The Hall–Kier alpha value is -1.67. The molecule has 0 bridgehead atoms. The number of β-amino-alcohol motifs (C(OH)–C–C–N with tert-alkyl or cyclic N) is 1. The molecule has 0 aliphatic carbocycles. The molecule has 1 aromatic carbocycles. The van der Waals surface area contributed by atoms with Gasteiger partial charge in [0, 0.05) is 38.8 Å². The van der Waals surface area contributed by atoms with Gasteiger partial charge in [0.1, 0.15) is 0 Å². The van der Waals surface area contributed by atoms with Crippen molar-refractivity contribution in [2.75, 3.05) is 65.6 Å². The largest absolute Gasteiger partial charge is 0.387 e. The van der Waals surface area contributed by atoms with E-state index >= 15 is 0 Å². The Kier molecular flexibility index (Phi) is 11.3. The molecule has 0 spiro atoms. The van der Waals surface area contributed by atoms with Crippen molar-refractivity contribution in [1.82, 2.24) is 20.4 Å². The zero-order chi connectivity index (χ0) is 22.5. The Morgan fingerprint density at radius 1 is 1.16 bits per heavy atom. The highest BCUT2D eigenvalue weighted by Gasteiger charge is 2.25. The Bertz CT molecular complexity index is 628. The van der Waals surface area contributed by atoms with E-state index in [9.17, 15) is 5.11 Å². The van der Waals surface area contributed by atoms with Gasteiger partial charge in [0.2, 0.25) is 0 Å². The number of hydrogen-bond donors (Lipinski definition) is 3. The third kappa shape index (κ3) is 9.56. The molecule has 0 saturated carbocycles. The summed E-state index contributed by atoms with van der Waals surface area (Å²) < 4.78 is 5.40. The molecule has 2 atom stereocenters. The van der Waals surface area contributed by atoms with Gasteiger partial charge in [0.25, 0.3) is 0 Å². The van der Waals surface area contributed by atoms with Crippen molar-refractivity contribution in [3.8, 4) is 0 Å². The van der Waals surface area contributed by atoms with Crippen molar-refractivity contribution in [2.24, 2.45) is 4.99 Å². The zero-order valence-corrected chi connectivity index (χ0v) is 19.9. The highest BCUT2D eigenvalue weighted by Crippen LogP contribution is 2.10. The summed E-state index contributed by atoms with van der Waals surface area (Å²) in [5, 5.41) is 17.7. The van der Waals surface area contributed by atoms with Crippen LogP contribution in [0.15, 0.2) is 35.3 Å². The minimum Gasteiger partial charge on any atom is -0.387 e. The zero-order valence-electron chi connectivity index (χ0n) is 19.9. The summed E-state index contributed by atoms with van der Waals surface area (Å²) in [5.74, 6) is 0.759. The number of guanidine groups is 1. The minimum atomic E-state index is -0.873. The Morgan fingerprint density at radius 3 is 2.45 bits per heavy atom. The van der Waals surface area contributed by atoms with Crippen LogP contribution in [0.2, 0.25) is 0 Å². The third-order valence-corrected chi connectivity index (χ3v) is 5.74. The van der Waals surface area contributed by atoms with Crippen molar-refractivity contribution in [3.05, 3.63) is 35.9 Å². The van der Waals surface area contributed by atoms with Gasteiger partial charge in [-0.1, -0.05) is 44.2 Å². The van der Waals surface area contributed by atoms with Crippen LogP contribution in [0.5, 0.6) is 0 Å². The normalized spacial score (nSPS) is 18.6. The molecule has 1 aromatic rings. The number of aliphatic hydroxyl groups is 1. The van der Waals surface area contributed by atoms with Crippen LogP contribution < -0.4 is 10.6 Å². The van der Waals surface area contributed by atoms with Gasteiger partial charge >= 0.3 is 0 Å². The molecule has 1 fully saturated rings. The van der Waals surface area contributed by atoms with Crippen LogP contribution in [0.1, 0.15) is 33.3 Å². The maximum absolute atomic E-state index is 10.9. The summed E-state index contributed by atoms with van der Waals surface area (Å²) in [6.45, 7) is 16.1. The maximum Gasteiger partial charge on any atom is 0.191 e. The average molecular weight is 434 g/mol. The molecule has 0 radical (unpaired) electrons. The number of morpholine rings is 1. The molecular weight excluding hydrogens is 390 g/mol. The minimum absolute atomic E-state index is 0.355. The van der Waals surface area contributed by atoms with Crippen molar-refractivity contribution in [2.45, 2.75) is 45.8 Å². The van der Waals surface area contributed by atoms with Gasteiger partial charge in [0.05, 0.1) is 25.4 Å². The van der Waals surface area contributed by atoms with Crippen LogP contribution in [0.25, 0.3) is 0 Å². The first-order chi connectivity index (χ1) is 15.0. The number of hydrogen-bond acceptors (Lipinski definition) is 5. The summed E-state index contributed by atoms with van der Waals surface area (Å²) in [4.78, 5) is 9.44. The van der Waals surface area contributed by atoms with Gasteiger partial charge in [-0.05, 0) is 38.9 Å². The number of rotatable bonds is 12. The molecule has 1 aliphatic heterocycles. The Morgan fingerprint density at radius 2 is 1.84 bits per heavy atom. The third-order valence-electron chi connectivity index (χ3n) is 5.74. The fraction of sp³-hybridized carbons (Fsp3) is 0.708. The second kappa shape index (κ2) is 13.7. The molecule has 0 amide bonds. The van der Waals surface area contributed by atoms with E-state index in [0.717, 1.165) is 64.9 Å². The number of aliphatic imine (C=N–C) groups is 1. The van der Waals surface area contributed by atoms with Gasteiger partial charge in [-0.2, -0.15) is 0 Å². The van der Waals surface area contributed by atoms with Crippen molar-refractivity contribution in [3.63, 3.8) is 0 Å². The second-order valence-electron chi connectivity index (χ2n) is 8.53. The number of nitrogens with zero attached hydrogens (tertiary/aromatic N) is 3. The van der Waals surface area contributed by atoms with Crippen molar-refractivity contribution in [1.29, 1.82) is 0 Å². The summed E-state index contributed by atoms with van der Waals surface area (Å²) in [6, 6.07) is 11.0. The number of nitrogens with one attached hydrogen (secondary N) is 2. The molecule has 1 saturated heterocycles. The van der Waals surface area contributed by atoms with Crippen molar-refractivity contribution >= 4 is 5.96 Å². The van der Waals surface area contributed by atoms with Gasteiger partial charge in [-0.3, -0.25) is 14.8 Å². The fourth-order valence-corrected chi connectivity index (χ4v) is 4.05. The first kappa shape index (κ1) is 25.6. The van der Waals surface area contributed by atoms with Crippen LogP contribution in [0, 0.1) is 0 Å². The molecule has 2 unspecified atom stereocenters. The molecule has 1 aliphatic rings. The summed E-state index contributed by atoms with van der Waals surface area (Å²) in [5.41, 5.74) is 0.471. The highest BCUT2D eigenvalue weighted by atomic mass is 16.5. The monoisotopic (exact) mass is 433 g/mol. The van der Waals surface area contributed by atoms with Crippen LogP contribution in [-0.4, -0.2) is 98.1 Å². The van der Waals surface area contributed by atoms with Gasteiger partial charge in [0.15, 0.2) is 5.96 Å². The lowest BCUT2D eigenvalue weighted by molar-refractivity contribution is -0.0180. The summed E-state index contributed by atoms with van der Waals surface area (Å²) in [6.07, 6.45) is 0.990. The van der Waals surface area contributed by atoms with E-state index in [1.165, 1.54) is 5.56 Å².